The molecular weight excluding hydrogens is 480 g/mol. The van der Waals surface area contributed by atoms with E-state index in [-0.39, 0.29) is 34.7 Å². The smallest absolute Gasteiger partial charge is 0.293 e. The number of aryl methyl sites for hydroxylation is 1. The number of hydrogen-bond acceptors (Lipinski definition) is 7. The van der Waals surface area contributed by atoms with Gasteiger partial charge in [-0.05, 0) is 41.5 Å². The van der Waals surface area contributed by atoms with Gasteiger partial charge in [0.2, 0.25) is 5.95 Å². The molecule has 3 aromatic rings. The number of amides is 1. The minimum atomic E-state index is -0.317. The molecule has 1 amide bonds. The van der Waals surface area contributed by atoms with E-state index in [9.17, 15) is 9.59 Å². The van der Waals surface area contributed by atoms with E-state index in [1.807, 2.05) is 18.2 Å². The van der Waals surface area contributed by atoms with Gasteiger partial charge in [-0.3, -0.25) is 9.59 Å². The lowest BCUT2D eigenvalue weighted by molar-refractivity contribution is -0.122. The number of hydrogen-bond donors (Lipinski definition) is 2. The van der Waals surface area contributed by atoms with Gasteiger partial charge in [0.15, 0.2) is 18.2 Å². The Balaban J connectivity index is 1.63. The summed E-state index contributed by atoms with van der Waals surface area (Å²) < 4.78 is 6.95. The van der Waals surface area contributed by atoms with Crippen molar-refractivity contribution in [3.05, 3.63) is 45.8 Å². The zero-order chi connectivity index (χ0) is 26.3. The van der Waals surface area contributed by atoms with Crippen LogP contribution in [0.4, 0.5) is 17.5 Å². The van der Waals surface area contributed by atoms with E-state index < -0.39 is 0 Å². The highest BCUT2D eigenvalue weighted by Crippen LogP contribution is 2.41. The molecule has 0 bridgehead atoms. The van der Waals surface area contributed by atoms with Crippen molar-refractivity contribution in [1.82, 2.24) is 19.9 Å². The molecule has 0 radical (unpaired) electrons. The lowest BCUT2D eigenvalue weighted by Crippen LogP contribution is -2.49. The summed E-state index contributed by atoms with van der Waals surface area (Å²) in [6.07, 6.45) is 2.75. The van der Waals surface area contributed by atoms with Crippen molar-refractivity contribution in [3.8, 4) is 5.75 Å². The van der Waals surface area contributed by atoms with Crippen molar-refractivity contribution in [3.63, 3.8) is 0 Å². The summed E-state index contributed by atoms with van der Waals surface area (Å²) in [5.41, 5.74) is 1.44. The number of nitrogens with zero attached hydrogens (tertiary/aromatic N) is 4. The number of halogens is 1. The number of nitrogens with one attached hydrogen (secondary N) is 2. The topological polar surface area (TPSA) is 101 Å². The summed E-state index contributed by atoms with van der Waals surface area (Å²) in [4.78, 5) is 35.7. The molecule has 10 heteroatoms. The summed E-state index contributed by atoms with van der Waals surface area (Å²) in [6.45, 7) is 10.6. The van der Waals surface area contributed by atoms with Gasteiger partial charge in [0.25, 0.3) is 11.5 Å². The molecule has 0 unspecified atom stereocenters. The molecule has 0 atom stereocenters. The molecule has 1 saturated heterocycles. The number of carbonyl (C=O) groups is 1. The number of likely N-dealkylation sites (N-methyl/N-ethyl adjacent to an activating group) is 1. The number of carbonyl (C=O) groups excluding carboxylic acids is 1. The molecule has 192 valence electrons. The highest BCUT2D eigenvalue weighted by Gasteiger charge is 2.38. The standard InChI is InChI=1S/C26H33ClN6O3/c1-25(2)13-26(3,4)15-33(14-25)24-29-11-18(27)22(31-24)30-17-7-8-19-16(9-17)10-20(23(35)32(19)6)36-12-21(34)28-5/h7-11H,12-15H2,1-6H3,(H,28,34)(H,29,30,31). The van der Waals surface area contributed by atoms with Gasteiger partial charge in [-0.1, -0.05) is 39.3 Å². The number of fused-ring (bicyclic) bond motifs is 1. The predicted octanol–water partition coefficient (Wildman–Crippen LogP) is 4.11. The Morgan fingerprint density at radius 3 is 2.53 bits per heavy atom. The Bertz CT molecular complexity index is 1350. The van der Waals surface area contributed by atoms with E-state index in [4.69, 9.17) is 21.3 Å². The second-order valence-corrected chi connectivity index (χ2v) is 11.4. The molecule has 2 N–H and O–H groups in total. The lowest BCUT2D eigenvalue weighted by atomic mass is 9.71. The third-order valence-electron chi connectivity index (χ3n) is 6.30. The monoisotopic (exact) mass is 512 g/mol. The van der Waals surface area contributed by atoms with Crippen LogP contribution in [0.1, 0.15) is 34.1 Å². The first-order valence-electron chi connectivity index (χ1n) is 11.9. The van der Waals surface area contributed by atoms with E-state index in [1.165, 1.54) is 11.6 Å². The van der Waals surface area contributed by atoms with E-state index in [2.05, 4.69) is 48.2 Å². The average molecular weight is 513 g/mol. The van der Waals surface area contributed by atoms with E-state index in [0.717, 1.165) is 36.1 Å². The minimum absolute atomic E-state index is 0.100. The minimum Gasteiger partial charge on any atom is -0.478 e. The molecule has 0 saturated carbocycles. The number of aromatic nitrogens is 3. The van der Waals surface area contributed by atoms with Gasteiger partial charge < -0.3 is 24.8 Å². The van der Waals surface area contributed by atoms with Crippen molar-refractivity contribution >= 4 is 45.9 Å². The van der Waals surface area contributed by atoms with Crippen molar-refractivity contribution < 1.29 is 9.53 Å². The normalized spacial score (nSPS) is 16.6. The summed E-state index contributed by atoms with van der Waals surface area (Å²) in [7, 11) is 3.18. The Labute approximate surface area is 215 Å². The van der Waals surface area contributed by atoms with Crippen LogP contribution in [0.5, 0.6) is 5.75 Å². The third-order valence-corrected chi connectivity index (χ3v) is 6.58. The van der Waals surface area contributed by atoms with Gasteiger partial charge in [0.1, 0.15) is 5.02 Å². The maximum atomic E-state index is 12.6. The molecule has 9 nitrogen and oxygen atoms in total. The second-order valence-electron chi connectivity index (χ2n) is 11.0. The van der Waals surface area contributed by atoms with Crippen LogP contribution in [0.3, 0.4) is 0 Å². The second kappa shape index (κ2) is 9.61. The fraction of sp³-hybridized carbons (Fsp3) is 0.462. The summed E-state index contributed by atoms with van der Waals surface area (Å²) >= 11 is 6.46. The molecule has 0 aliphatic carbocycles. The summed E-state index contributed by atoms with van der Waals surface area (Å²) in [6, 6.07) is 7.22. The third kappa shape index (κ3) is 5.56. The molecule has 0 spiro atoms. The number of benzene rings is 1. The van der Waals surface area contributed by atoms with Gasteiger partial charge in [0, 0.05) is 38.3 Å². The predicted molar refractivity (Wildman–Crippen MR) is 143 cm³/mol. The Morgan fingerprint density at radius 2 is 1.86 bits per heavy atom. The Hall–Kier alpha value is -3.33. The number of anilines is 3. The maximum absolute atomic E-state index is 12.6. The summed E-state index contributed by atoms with van der Waals surface area (Å²) in [5.74, 6) is 0.921. The number of ether oxygens (including phenoxy) is 1. The van der Waals surface area contributed by atoms with Crippen LogP contribution in [-0.4, -0.2) is 47.2 Å². The number of piperidine rings is 1. The van der Waals surface area contributed by atoms with Crippen LogP contribution in [0.15, 0.2) is 35.3 Å². The van der Waals surface area contributed by atoms with Crippen LogP contribution < -0.4 is 25.8 Å². The highest BCUT2D eigenvalue weighted by molar-refractivity contribution is 6.32. The quantitative estimate of drug-likeness (QED) is 0.512. The van der Waals surface area contributed by atoms with Crippen LogP contribution in [0, 0.1) is 10.8 Å². The Morgan fingerprint density at radius 1 is 1.17 bits per heavy atom. The fourth-order valence-corrected chi connectivity index (χ4v) is 5.36. The maximum Gasteiger partial charge on any atom is 0.293 e. The molecule has 1 fully saturated rings. The van der Waals surface area contributed by atoms with Crippen LogP contribution in [0.2, 0.25) is 5.02 Å². The fourth-order valence-electron chi connectivity index (χ4n) is 5.22. The first-order valence-corrected chi connectivity index (χ1v) is 12.3. The SMILES string of the molecule is CNC(=O)COc1cc2cc(Nc3nc(N4CC(C)(C)CC(C)(C)C4)ncc3Cl)ccc2n(C)c1=O. The number of rotatable bonds is 6. The molecule has 4 rings (SSSR count). The Kier molecular flexibility index (Phi) is 6.88. The average Bonchev–Trinajstić information content (AvgIpc) is 2.79. The molecule has 1 aromatic carbocycles. The van der Waals surface area contributed by atoms with Gasteiger partial charge >= 0.3 is 0 Å². The van der Waals surface area contributed by atoms with E-state index in [1.54, 1.807) is 19.3 Å². The van der Waals surface area contributed by atoms with Gasteiger partial charge in [-0.15, -0.1) is 0 Å². The highest BCUT2D eigenvalue weighted by atomic mass is 35.5. The van der Waals surface area contributed by atoms with Gasteiger partial charge in [-0.2, -0.15) is 4.98 Å². The van der Waals surface area contributed by atoms with Crippen molar-refractivity contribution in [2.24, 2.45) is 17.9 Å². The lowest BCUT2D eigenvalue weighted by Gasteiger charge is -2.47. The first-order chi connectivity index (χ1) is 16.9. The zero-order valence-electron chi connectivity index (χ0n) is 21.6. The molecule has 1 aliphatic heterocycles. The molecule has 1 aliphatic rings. The van der Waals surface area contributed by atoms with Gasteiger partial charge in [0.05, 0.1) is 11.7 Å². The molecule has 2 aromatic heterocycles. The van der Waals surface area contributed by atoms with Crippen molar-refractivity contribution in [2.45, 2.75) is 34.1 Å². The zero-order valence-corrected chi connectivity index (χ0v) is 22.4. The molecule has 3 heterocycles. The van der Waals surface area contributed by atoms with Crippen molar-refractivity contribution in [1.29, 1.82) is 0 Å². The molecule has 36 heavy (non-hydrogen) atoms. The van der Waals surface area contributed by atoms with E-state index in [0.29, 0.717) is 16.8 Å². The summed E-state index contributed by atoms with van der Waals surface area (Å²) in [5, 5.41) is 6.94. The largest absolute Gasteiger partial charge is 0.478 e. The van der Waals surface area contributed by atoms with E-state index >= 15 is 0 Å². The number of pyridine rings is 1. The van der Waals surface area contributed by atoms with Gasteiger partial charge in [-0.25, -0.2) is 4.98 Å². The van der Waals surface area contributed by atoms with Crippen LogP contribution >= 0.6 is 11.6 Å². The van der Waals surface area contributed by atoms with Crippen LogP contribution in [0.25, 0.3) is 10.9 Å². The van der Waals surface area contributed by atoms with Crippen LogP contribution in [-0.2, 0) is 11.8 Å². The van der Waals surface area contributed by atoms with Crippen molar-refractivity contribution in [2.75, 3.05) is 37.0 Å². The molecular formula is C26H33ClN6O3. The first kappa shape index (κ1) is 25.8.